The number of carbonyl (C=O) groups excluding carboxylic acids is 1. The zero-order chi connectivity index (χ0) is 14.7. The summed E-state index contributed by atoms with van der Waals surface area (Å²) >= 11 is 3.02. The first kappa shape index (κ1) is 14.0. The number of halogens is 2. The van der Waals surface area contributed by atoms with Crippen LogP contribution in [0.2, 0.25) is 0 Å². The second-order valence-electron chi connectivity index (χ2n) is 3.97. The normalized spacial score (nSPS) is 9.85. The van der Waals surface area contributed by atoms with Gasteiger partial charge in [-0.3, -0.25) is 4.79 Å². The third kappa shape index (κ3) is 2.78. The van der Waals surface area contributed by atoms with Crippen LogP contribution in [0.3, 0.4) is 0 Å². The van der Waals surface area contributed by atoms with E-state index in [0.717, 1.165) is 0 Å². The molecule has 0 aliphatic heterocycles. The predicted molar refractivity (Wildman–Crippen MR) is 77.6 cm³/mol. The third-order valence-electron chi connectivity index (χ3n) is 2.63. The zero-order valence-corrected chi connectivity index (χ0v) is 11.7. The number of carbonyl (C=O) groups is 1. The van der Waals surface area contributed by atoms with Crippen LogP contribution in [0.5, 0.6) is 0 Å². The Morgan fingerprint density at radius 3 is 2.75 bits per heavy atom. The van der Waals surface area contributed by atoms with E-state index >= 15 is 0 Å². The Balaban J connectivity index is 2.29. The van der Waals surface area contributed by atoms with Crippen LogP contribution < -0.4 is 11.1 Å². The molecule has 6 heteroatoms. The van der Waals surface area contributed by atoms with Gasteiger partial charge in [0.05, 0.1) is 33.0 Å². The average molecular weight is 334 g/mol. The maximum absolute atomic E-state index is 13.8. The number of nitrogens with one attached hydrogen (secondary N) is 1. The molecule has 20 heavy (non-hydrogen) atoms. The fourth-order valence-electron chi connectivity index (χ4n) is 1.61. The third-order valence-corrected chi connectivity index (χ3v) is 3.24. The van der Waals surface area contributed by atoms with Crippen molar-refractivity contribution >= 4 is 33.2 Å². The Morgan fingerprint density at radius 2 is 2.10 bits per heavy atom. The second-order valence-corrected chi connectivity index (χ2v) is 4.82. The molecule has 0 unspecified atom stereocenters. The van der Waals surface area contributed by atoms with Crippen molar-refractivity contribution in [3.8, 4) is 6.07 Å². The highest BCUT2D eigenvalue weighted by Crippen LogP contribution is 2.23. The van der Waals surface area contributed by atoms with Gasteiger partial charge in [0.1, 0.15) is 5.82 Å². The molecule has 0 fully saturated rings. The first-order valence-corrected chi connectivity index (χ1v) is 6.37. The summed E-state index contributed by atoms with van der Waals surface area (Å²) in [5, 5.41) is 11.2. The van der Waals surface area contributed by atoms with Gasteiger partial charge in [-0.05, 0) is 46.3 Å². The summed E-state index contributed by atoms with van der Waals surface area (Å²) in [5.74, 6) is -1.25. The number of nitrogens with two attached hydrogens (primary N) is 1. The summed E-state index contributed by atoms with van der Waals surface area (Å²) in [6.07, 6.45) is 0. The van der Waals surface area contributed by atoms with Crippen LogP contribution >= 0.6 is 15.9 Å². The molecule has 0 spiro atoms. The standard InChI is InChI=1S/C14H9BrFN3O/c15-10-3-1-2-9(13(10)16)14(20)19-12-5-4-8(7-17)6-11(12)18/h1-6H,18H2,(H,19,20). The average Bonchev–Trinajstić information content (AvgIpc) is 2.44. The van der Waals surface area contributed by atoms with Crippen molar-refractivity contribution in [2.24, 2.45) is 0 Å². The number of nitrogen functional groups attached to an aromatic ring is 1. The highest BCUT2D eigenvalue weighted by molar-refractivity contribution is 9.10. The van der Waals surface area contributed by atoms with E-state index in [2.05, 4.69) is 21.2 Å². The van der Waals surface area contributed by atoms with Crippen molar-refractivity contribution in [3.63, 3.8) is 0 Å². The minimum Gasteiger partial charge on any atom is -0.397 e. The number of nitriles is 1. The molecule has 2 aromatic carbocycles. The number of nitrogens with zero attached hydrogens (tertiary/aromatic N) is 1. The Morgan fingerprint density at radius 1 is 1.35 bits per heavy atom. The number of anilines is 2. The molecular formula is C14H9BrFN3O. The maximum atomic E-state index is 13.8. The molecule has 100 valence electrons. The number of hydrogen-bond acceptors (Lipinski definition) is 3. The molecule has 4 nitrogen and oxygen atoms in total. The molecule has 0 saturated heterocycles. The van der Waals surface area contributed by atoms with Crippen LogP contribution in [0.1, 0.15) is 15.9 Å². The molecule has 0 radical (unpaired) electrons. The Hall–Kier alpha value is -2.39. The largest absolute Gasteiger partial charge is 0.397 e. The van der Waals surface area contributed by atoms with E-state index in [1.807, 2.05) is 6.07 Å². The number of hydrogen-bond donors (Lipinski definition) is 2. The number of rotatable bonds is 2. The van der Waals surface area contributed by atoms with Crippen LogP contribution in [0.15, 0.2) is 40.9 Å². The molecule has 3 N–H and O–H groups in total. The van der Waals surface area contributed by atoms with Gasteiger partial charge in [-0.2, -0.15) is 5.26 Å². The number of amides is 1. The summed E-state index contributed by atoms with van der Waals surface area (Å²) in [7, 11) is 0. The number of benzene rings is 2. The smallest absolute Gasteiger partial charge is 0.258 e. The van der Waals surface area contributed by atoms with Gasteiger partial charge in [0.25, 0.3) is 5.91 Å². The van der Waals surface area contributed by atoms with Crippen molar-refractivity contribution in [3.05, 3.63) is 57.8 Å². The van der Waals surface area contributed by atoms with Gasteiger partial charge in [-0.25, -0.2) is 4.39 Å². The molecule has 2 rings (SSSR count). The van der Waals surface area contributed by atoms with Gasteiger partial charge in [-0.15, -0.1) is 0 Å². The fourth-order valence-corrected chi connectivity index (χ4v) is 1.98. The van der Waals surface area contributed by atoms with Crippen molar-refractivity contribution in [1.29, 1.82) is 5.26 Å². The van der Waals surface area contributed by atoms with Crippen LogP contribution in [0.4, 0.5) is 15.8 Å². The summed E-state index contributed by atoms with van der Waals surface area (Å²) in [6.45, 7) is 0. The van der Waals surface area contributed by atoms with Crippen molar-refractivity contribution in [2.75, 3.05) is 11.1 Å². The summed E-state index contributed by atoms with van der Waals surface area (Å²) < 4.78 is 14.0. The molecule has 2 aromatic rings. The highest BCUT2D eigenvalue weighted by Gasteiger charge is 2.15. The van der Waals surface area contributed by atoms with E-state index in [0.29, 0.717) is 11.3 Å². The fraction of sp³-hybridized carbons (Fsp3) is 0. The molecular weight excluding hydrogens is 325 g/mol. The Bertz CT molecular complexity index is 725. The van der Waals surface area contributed by atoms with Crippen LogP contribution in [0.25, 0.3) is 0 Å². The van der Waals surface area contributed by atoms with Gasteiger partial charge in [-0.1, -0.05) is 6.07 Å². The quantitative estimate of drug-likeness (QED) is 0.827. The zero-order valence-electron chi connectivity index (χ0n) is 10.2. The lowest BCUT2D eigenvalue weighted by molar-refractivity contribution is 0.102. The molecule has 0 bridgehead atoms. The van der Waals surface area contributed by atoms with Gasteiger partial charge < -0.3 is 11.1 Å². The maximum Gasteiger partial charge on any atom is 0.258 e. The van der Waals surface area contributed by atoms with Gasteiger partial charge in [0.15, 0.2) is 0 Å². The summed E-state index contributed by atoms with van der Waals surface area (Å²) in [5.41, 5.74) is 6.58. The van der Waals surface area contributed by atoms with E-state index in [4.69, 9.17) is 11.0 Å². The lowest BCUT2D eigenvalue weighted by atomic mass is 10.1. The lowest BCUT2D eigenvalue weighted by Gasteiger charge is -2.09. The minimum absolute atomic E-state index is 0.0943. The van der Waals surface area contributed by atoms with Gasteiger partial charge >= 0.3 is 0 Å². The van der Waals surface area contributed by atoms with Gasteiger partial charge in [0, 0.05) is 0 Å². The second kappa shape index (κ2) is 5.72. The Kier molecular flexibility index (Phi) is 4.01. The van der Waals surface area contributed by atoms with Crippen LogP contribution in [-0.2, 0) is 0 Å². The van der Waals surface area contributed by atoms with Crippen LogP contribution in [-0.4, -0.2) is 5.91 Å². The Labute approximate surface area is 123 Å². The minimum atomic E-state index is -0.641. The van der Waals surface area contributed by atoms with Crippen molar-refractivity contribution in [2.45, 2.75) is 0 Å². The topological polar surface area (TPSA) is 78.9 Å². The first-order valence-electron chi connectivity index (χ1n) is 5.58. The van der Waals surface area contributed by atoms with E-state index in [1.165, 1.54) is 30.3 Å². The molecule has 0 aromatic heterocycles. The lowest BCUT2D eigenvalue weighted by Crippen LogP contribution is -2.15. The molecule has 0 aliphatic rings. The van der Waals surface area contributed by atoms with E-state index in [1.54, 1.807) is 6.07 Å². The SMILES string of the molecule is N#Cc1ccc(NC(=O)c2cccc(Br)c2F)c(N)c1. The van der Waals surface area contributed by atoms with Crippen LogP contribution in [0, 0.1) is 17.1 Å². The molecule has 0 saturated carbocycles. The highest BCUT2D eigenvalue weighted by atomic mass is 79.9. The predicted octanol–water partition coefficient (Wildman–Crippen LogP) is 3.29. The first-order chi connectivity index (χ1) is 9.52. The molecule has 0 aliphatic carbocycles. The monoisotopic (exact) mass is 333 g/mol. The van der Waals surface area contributed by atoms with E-state index in [9.17, 15) is 9.18 Å². The van der Waals surface area contributed by atoms with Crippen molar-refractivity contribution < 1.29 is 9.18 Å². The van der Waals surface area contributed by atoms with Gasteiger partial charge in [0.2, 0.25) is 0 Å². The molecule has 1 amide bonds. The van der Waals surface area contributed by atoms with E-state index < -0.39 is 11.7 Å². The molecule has 0 atom stereocenters. The van der Waals surface area contributed by atoms with Crippen molar-refractivity contribution in [1.82, 2.24) is 0 Å². The summed E-state index contributed by atoms with van der Waals surface area (Å²) in [4.78, 5) is 12.0. The molecule has 0 heterocycles. The van der Waals surface area contributed by atoms with E-state index in [-0.39, 0.29) is 15.7 Å². The summed E-state index contributed by atoms with van der Waals surface area (Å²) in [6, 6.07) is 10.8.